The highest BCUT2D eigenvalue weighted by atomic mass is 15.3. The van der Waals surface area contributed by atoms with Crippen LogP contribution in [0.4, 0.5) is 5.82 Å². The minimum Gasteiger partial charge on any atom is -0.383 e. The van der Waals surface area contributed by atoms with Crippen molar-refractivity contribution in [3.63, 3.8) is 0 Å². The topological polar surface area (TPSA) is 67.6 Å². The van der Waals surface area contributed by atoms with Crippen LogP contribution in [0.15, 0.2) is 12.7 Å². The van der Waals surface area contributed by atoms with E-state index in [1.165, 1.54) is 0 Å². The lowest BCUT2D eigenvalue weighted by Gasteiger charge is -1.97. The van der Waals surface area contributed by atoms with Crippen molar-refractivity contribution in [2.75, 3.05) is 5.73 Å². The number of allylic oxidation sites excluding steroid dienone is 1. The van der Waals surface area contributed by atoms with Crippen LogP contribution in [0.1, 0.15) is 30.0 Å². The number of hydrogen-bond acceptors (Lipinski definition) is 3. The van der Waals surface area contributed by atoms with E-state index in [2.05, 4.69) is 17.7 Å². The lowest BCUT2D eigenvalue weighted by molar-refractivity contribution is 0.696. The molecule has 1 saturated carbocycles. The maximum absolute atomic E-state index is 8.95. The molecule has 1 fully saturated rings. The molecule has 14 heavy (non-hydrogen) atoms. The van der Waals surface area contributed by atoms with E-state index in [-0.39, 0.29) is 0 Å². The van der Waals surface area contributed by atoms with Crippen LogP contribution in [-0.4, -0.2) is 9.78 Å². The Morgan fingerprint density at radius 3 is 2.93 bits per heavy atom. The van der Waals surface area contributed by atoms with Gasteiger partial charge >= 0.3 is 0 Å². The first-order chi connectivity index (χ1) is 6.77. The number of nitrogens with zero attached hydrogens (tertiary/aromatic N) is 3. The Morgan fingerprint density at radius 2 is 2.43 bits per heavy atom. The molecule has 0 aliphatic heterocycles. The highest BCUT2D eigenvalue weighted by molar-refractivity contribution is 5.54. The third-order valence-corrected chi connectivity index (χ3v) is 2.40. The van der Waals surface area contributed by atoms with Gasteiger partial charge < -0.3 is 5.73 Å². The van der Waals surface area contributed by atoms with E-state index in [0.29, 0.717) is 23.8 Å². The first-order valence-electron chi connectivity index (χ1n) is 4.65. The molecule has 0 amide bonds. The summed E-state index contributed by atoms with van der Waals surface area (Å²) in [6, 6.07) is 2.12. The molecule has 0 radical (unpaired) electrons. The fourth-order valence-electron chi connectivity index (χ4n) is 1.51. The Hall–Kier alpha value is -1.76. The predicted molar refractivity (Wildman–Crippen MR) is 53.5 cm³/mol. The van der Waals surface area contributed by atoms with Crippen molar-refractivity contribution in [1.82, 2.24) is 9.78 Å². The lowest BCUT2D eigenvalue weighted by atomic mass is 10.2. The molecule has 0 unspecified atom stereocenters. The predicted octanol–water partition coefficient (Wildman–Crippen LogP) is 1.40. The largest absolute Gasteiger partial charge is 0.383 e. The number of anilines is 1. The molecule has 4 nitrogen and oxygen atoms in total. The molecule has 2 N–H and O–H groups in total. The molecular weight excluding hydrogens is 176 g/mol. The van der Waals surface area contributed by atoms with Crippen LogP contribution in [0.5, 0.6) is 0 Å². The van der Waals surface area contributed by atoms with Gasteiger partial charge in [0.15, 0.2) is 0 Å². The van der Waals surface area contributed by atoms with Gasteiger partial charge in [0.1, 0.15) is 17.5 Å². The third kappa shape index (κ3) is 1.27. The van der Waals surface area contributed by atoms with Crippen LogP contribution in [-0.2, 0) is 6.54 Å². The van der Waals surface area contributed by atoms with Crippen LogP contribution in [0.25, 0.3) is 0 Å². The third-order valence-electron chi connectivity index (χ3n) is 2.40. The Morgan fingerprint density at radius 1 is 1.71 bits per heavy atom. The van der Waals surface area contributed by atoms with Crippen LogP contribution in [0, 0.1) is 11.3 Å². The fraction of sp³-hybridized carbons (Fsp3) is 0.400. The second-order valence-electron chi connectivity index (χ2n) is 3.50. The molecule has 0 aromatic carbocycles. The molecule has 1 heterocycles. The Kier molecular flexibility index (Phi) is 2.01. The van der Waals surface area contributed by atoms with Gasteiger partial charge in [0, 0.05) is 5.92 Å². The molecule has 0 atom stereocenters. The zero-order chi connectivity index (χ0) is 10.1. The summed E-state index contributed by atoms with van der Waals surface area (Å²) in [5.41, 5.74) is 7.21. The van der Waals surface area contributed by atoms with Crippen molar-refractivity contribution in [2.24, 2.45) is 0 Å². The standard InChI is InChI=1S/C10H12N4/c1-2-5-14-10(12)8(6-11)9(13-14)7-3-4-7/h2,7H,1,3-5,12H2. The summed E-state index contributed by atoms with van der Waals surface area (Å²) in [6.45, 7) is 4.19. The van der Waals surface area contributed by atoms with Crippen LogP contribution in [0.3, 0.4) is 0 Å². The second-order valence-corrected chi connectivity index (χ2v) is 3.50. The van der Waals surface area contributed by atoms with Gasteiger partial charge in [-0.15, -0.1) is 6.58 Å². The molecule has 72 valence electrons. The van der Waals surface area contributed by atoms with Crippen LogP contribution >= 0.6 is 0 Å². The maximum Gasteiger partial charge on any atom is 0.140 e. The Labute approximate surface area is 82.6 Å². The average molecular weight is 188 g/mol. The van der Waals surface area contributed by atoms with Crippen molar-refractivity contribution in [1.29, 1.82) is 5.26 Å². The molecule has 0 saturated heterocycles. The van der Waals surface area contributed by atoms with Gasteiger partial charge in [-0.2, -0.15) is 10.4 Å². The molecule has 0 spiro atoms. The summed E-state index contributed by atoms with van der Waals surface area (Å²) < 4.78 is 1.64. The van der Waals surface area contributed by atoms with E-state index in [1.54, 1.807) is 10.8 Å². The van der Waals surface area contributed by atoms with E-state index in [4.69, 9.17) is 11.0 Å². The first kappa shape index (κ1) is 8.82. The van der Waals surface area contributed by atoms with Gasteiger partial charge in [-0.25, -0.2) is 4.68 Å². The quantitative estimate of drug-likeness (QED) is 0.729. The highest BCUT2D eigenvalue weighted by Crippen LogP contribution is 2.41. The Balaban J connectivity index is 2.44. The molecule has 1 aromatic heterocycles. The van der Waals surface area contributed by atoms with E-state index < -0.39 is 0 Å². The van der Waals surface area contributed by atoms with E-state index in [0.717, 1.165) is 18.5 Å². The number of nitriles is 1. The van der Waals surface area contributed by atoms with Crippen LogP contribution in [0.2, 0.25) is 0 Å². The normalized spacial score (nSPS) is 15.1. The lowest BCUT2D eigenvalue weighted by Crippen LogP contribution is -2.03. The molecule has 1 aromatic rings. The zero-order valence-corrected chi connectivity index (χ0v) is 7.90. The summed E-state index contributed by atoms with van der Waals surface area (Å²) in [5, 5.41) is 13.3. The van der Waals surface area contributed by atoms with Crippen molar-refractivity contribution in [2.45, 2.75) is 25.3 Å². The SMILES string of the molecule is C=CCn1nc(C2CC2)c(C#N)c1N. The van der Waals surface area contributed by atoms with Gasteiger partial charge in [0.05, 0.1) is 12.2 Å². The number of nitrogen functional groups attached to an aromatic ring is 1. The second kappa shape index (κ2) is 3.18. The van der Waals surface area contributed by atoms with E-state index >= 15 is 0 Å². The van der Waals surface area contributed by atoms with Gasteiger partial charge in [-0.05, 0) is 12.8 Å². The van der Waals surface area contributed by atoms with Gasteiger partial charge in [-0.3, -0.25) is 0 Å². The number of rotatable bonds is 3. The summed E-state index contributed by atoms with van der Waals surface area (Å²) in [4.78, 5) is 0. The molecule has 1 aliphatic rings. The molecule has 4 heteroatoms. The maximum atomic E-state index is 8.95. The van der Waals surface area contributed by atoms with Gasteiger partial charge in [-0.1, -0.05) is 6.08 Å². The minimum absolute atomic E-state index is 0.456. The van der Waals surface area contributed by atoms with E-state index in [1.807, 2.05) is 0 Å². The van der Waals surface area contributed by atoms with Crippen molar-refractivity contribution >= 4 is 5.82 Å². The average Bonchev–Trinajstić information content (AvgIpc) is 2.95. The van der Waals surface area contributed by atoms with Crippen molar-refractivity contribution < 1.29 is 0 Å². The summed E-state index contributed by atoms with van der Waals surface area (Å²) in [6.07, 6.45) is 3.97. The fourth-order valence-corrected chi connectivity index (χ4v) is 1.51. The van der Waals surface area contributed by atoms with E-state index in [9.17, 15) is 0 Å². The summed E-state index contributed by atoms with van der Waals surface area (Å²) in [5.74, 6) is 0.923. The monoisotopic (exact) mass is 188 g/mol. The van der Waals surface area contributed by atoms with Crippen molar-refractivity contribution in [3.8, 4) is 6.07 Å². The summed E-state index contributed by atoms with van der Waals surface area (Å²) in [7, 11) is 0. The number of hydrogen-bond donors (Lipinski definition) is 1. The van der Waals surface area contributed by atoms with Crippen LogP contribution < -0.4 is 5.73 Å². The Bertz CT molecular complexity index is 406. The van der Waals surface area contributed by atoms with Crippen molar-refractivity contribution in [3.05, 3.63) is 23.9 Å². The number of aromatic nitrogens is 2. The molecular formula is C10H12N4. The van der Waals surface area contributed by atoms with Gasteiger partial charge in [0.25, 0.3) is 0 Å². The molecule has 0 bridgehead atoms. The van der Waals surface area contributed by atoms with Gasteiger partial charge in [0.2, 0.25) is 0 Å². The minimum atomic E-state index is 0.456. The zero-order valence-electron chi connectivity index (χ0n) is 7.90. The summed E-state index contributed by atoms with van der Waals surface area (Å²) >= 11 is 0. The number of nitrogens with two attached hydrogens (primary N) is 1. The first-order valence-corrected chi connectivity index (χ1v) is 4.65. The molecule has 2 rings (SSSR count). The highest BCUT2D eigenvalue weighted by Gasteiger charge is 2.31. The smallest absolute Gasteiger partial charge is 0.140 e. The molecule has 1 aliphatic carbocycles.